The number of rotatable bonds is 5. The fourth-order valence-corrected chi connectivity index (χ4v) is 3.56. The number of carbonyl (C=O) groups is 1. The molecule has 0 fully saturated rings. The molecule has 2 aromatic carbocycles. The third kappa shape index (κ3) is 3.94. The molecule has 0 bridgehead atoms. The minimum absolute atomic E-state index is 0.152. The monoisotopic (exact) mass is 397 g/mol. The first-order valence-electron chi connectivity index (χ1n) is 8.83. The van der Waals surface area contributed by atoms with Gasteiger partial charge in [0.15, 0.2) is 11.5 Å². The molecule has 0 spiro atoms. The Hall–Kier alpha value is -3.07. The van der Waals surface area contributed by atoms with E-state index in [0.717, 1.165) is 11.3 Å². The quantitative estimate of drug-likeness (QED) is 0.662. The van der Waals surface area contributed by atoms with Gasteiger partial charge in [-0.1, -0.05) is 23.9 Å². The molecule has 1 aromatic heterocycles. The molecule has 4 rings (SSSR count). The molecule has 1 amide bonds. The van der Waals surface area contributed by atoms with Crippen molar-refractivity contribution in [3.63, 3.8) is 0 Å². The molecule has 8 nitrogen and oxygen atoms in total. The summed E-state index contributed by atoms with van der Waals surface area (Å²) in [6.07, 6.45) is 0. The normalized spacial score (nSPS) is 13.8. The zero-order valence-corrected chi connectivity index (χ0v) is 16.3. The van der Waals surface area contributed by atoms with Crippen LogP contribution in [-0.4, -0.2) is 44.6 Å². The number of ether oxygens (including phenoxy) is 2. The predicted octanol–water partition coefficient (Wildman–Crippen LogP) is 2.86. The number of anilines is 1. The highest BCUT2D eigenvalue weighted by Gasteiger charge is 2.20. The predicted molar refractivity (Wildman–Crippen MR) is 105 cm³/mol. The summed E-state index contributed by atoms with van der Waals surface area (Å²) in [7, 11) is 0. The number of thioether (sulfide) groups is 1. The highest BCUT2D eigenvalue weighted by atomic mass is 32.2. The van der Waals surface area contributed by atoms with Crippen molar-refractivity contribution >= 4 is 23.4 Å². The topological polar surface area (TPSA) is 91.2 Å². The maximum absolute atomic E-state index is 12.6. The second kappa shape index (κ2) is 7.89. The number of nitrogens with one attached hydrogen (secondary N) is 1. The van der Waals surface area contributed by atoms with Crippen molar-refractivity contribution in [1.82, 2.24) is 20.2 Å². The number of nitrogens with zero attached hydrogens (tertiary/aromatic N) is 4. The number of amides is 1. The van der Waals surface area contributed by atoms with E-state index in [4.69, 9.17) is 9.47 Å². The first kappa shape index (κ1) is 18.3. The molecule has 2 heterocycles. The van der Waals surface area contributed by atoms with Gasteiger partial charge in [-0.05, 0) is 54.1 Å². The lowest BCUT2D eigenvalue weighted by molar-refractivity contribution is -0.115. The number of benzene rings is 2. The van der Waals surface area contributed by atoms with Gasteiger partial charge in [0.25, 0.3) is 0 Å². The fraction of sp³-hybridized carbons (Fsp3) is 0.263. The van der Waals surface area contributed by atoms with E-state index in [0.29, 0.717) is 35.6 Å². The van der Waals surface area contributed by atoms with Gasteiger partial charge in [0.2, 0.25) is 11.1 Å². The lowest BCUT2D eigenvalue weighted by Crippen LogP contribution is -2.23. The Morgan fingerprint density at radius 1 is 1.18 bits per heavy atom. The van der Waals surface area contributed by atoms with Crippen molar-refractivity contribution in [2.24, 2.45) is 0 Å². The molecule has 1 unspecified atom stereocenters. The maximum atomic E-state index is 12.6. The number of hydrogen-bond donors (Lipinski definition) is 1. The van der Waals surface area contributed by atoms with E-state index in [-0.39, 0.29) is 5.91 Å². The van der Waals surface area contributed by atoms with Crippen molar-refractivity contribution < 1.29 is 14.3 Å². The summed E-state index contributed by atoms with van der Waals surface area (Å²) in [6, 6.07) is 13.2. The molecule has 1 aliphatic heterocycles. The zero-order valence-electron chi connectivity index (χ0n) is 15.5. The zero-order chi connectivity index (χ0) is 19.5. The Morgan fingerprint density at radius 3 is 2.82 bits per heavy atom. The standard InChI is InChI=1S/C19H19N5O3S/c1-12-4-3-5-15(10-12)24-19(21-22-23-24)28-13(2)18(25)20-14-6-7-16-17(11-14)27-9-8-26-16/h3-7,10-11,13H,8-9H2,1-2H3,(H,20,25). The van der Waals surface area contributed by atoms with Crippen LogP contribution in [0.15, 0.2) is 47.6 Å². The van der Waals surface area contributed by atoms with Gasteiger partial charge in [0, 0.05) is 11.8 Å². The summed E-state index contributed by atoms with van der Waals surface area (Å²) in [6.45, 7) is 4.84. The molecular formula is C19H19N5O3S. The molecule has 3 aromatic rings. The van der Waals surface area contributed by atoms with E-state index < -0.39 is 5.25 Å². The van der Waals surface area contributed by atoms with Crippen LogP contribution in [0.3, 0.4) is 0 Å². The Balaban J connectivity index is 1.45. The van der Waals surface area contributed by atoms with Crippen LogP contribution in [0, 0.1) is 6.92 Å². The van der Waals surface area contributed by atoms with Crippen molar-refractivity contribution in [3.05, 3.63) is 48.0 Å². The highest BCUT2D eigenvalue weighted by molar-refractivity contribution is 8.00. The minimum atomic E-state index is -0.400. The van der Waals surface area contributed by atoms with Gasteiger partial charge in [-0.25, -0.2) is 0 Å². The number of tetrazole rings is 1. The number of carbonyl (C=O) groups excluding carboxylic acids is 1. The number of aromatic nitrogens is 4. The van der Waals surface area contributed by atoms with Crippen molar-refractivity contribution in [1.29, 1.82) is 0 Å². The van der Waals surface area contributed by atoms with E-state index in [1.165, 1.54) is 11.8 Å². The molecule has 1 atom stereocenters. The molecule has 1 aliphatic rings. The van der Waals surface area contributed by atoms with E-state index in [1.54, 1.807) is 22.9 Å². The maximum Gasteiger partial charge on any atom is 0.237 e. The van der Waals surface area contributed by atoms with Gasteiger partial charge in [0.05, 0.1) is 10.9 Å². The van der Waals surface area contributed by atoms with Crippen molar-refractivity contribution in [2.75, 3.05) is 18.5 Å². The smallest absolute Gasteiger partial charge is 0.237 e. The first-order chi connectivity index (χ1) is 13.6. The summed E-state index contributed by atoms with van der Waals surface area (Å²) < 4.78 is 12.7. The Bertz CT molecular complexity index is 1010. The van der Waals surface area contributed by atoms with Crippen LogP contribution in [0.4, 0.5) is 5.69 Å². The van der Waals surface area contributed by atoms with E-state index in [9.17, 15) is 4.79 Å². The highest BCUT2D eigenvalue weighted by Crippen LogP contribution is 2.33. The first-order valence-corrected chi connectivity index (χ1v) is 9.71. The van der Waals surface area contributed by atoms with Crippen LogP contribution in [0.25, 0.3) is 5.69 Å². The van der Waals surface area contributed by atoms with E-state index in [1.807, 2.05) is 38.1 Å². The average molecular weight is 397 g/mol. The van der Waals surface area contributed by atoms with Gasteiger partial charge < -0.3 is 14.8 Å². The molecule has 1 N–H and O–H groups in total. The molecule has 0 saturated heterocycles. The fourth-order valence-electron chi connectivity index (χ4n) is 2.75. The lowest BCUT2D eigenvalue weighted by Gasteiger charge is -2.19. The number of aryl methyl sites for hydroxylation is 1. The van der Waals surface area contributed by atoms with Gasteiger partial charge in [-0.15, -0.1) is 5.10 Å². The molecule has 0 radical (unpaired) electrons. The molecule has 144 valence electrons. The number of fused-ring (bicyclic) bond motifs is 1. The summed E-state index contributed by atoms with van der Waals surface area (Å²) in [5, 5.41) is 14.9. The third-order valence-corrected chi connectivity index (χ3v) is 5.18. The Labute approximate surface area is 166 Å². The van der Waals surface area contributed by atoms with Crippen molar-refractivity contribution in [2.45, 2.75) is 24.3 Å². The van der Waals surface area contributed by atoms with Crippen molar-refractivity contribution in [3.8, 4) is 17.2 Å². The largest absolute Gasteiger partial charge is 0.486 e. The van der Waals surface area contributed by atoms with Crippen LogP contribution in [0.1, 0.15) is 12.5 Å². The second-order valence-corrected chi connectivity index (χ2v) is 7.63. The second-order valence-electron chi connectivity index (χ2n) is 6.32. The Morgan fingerprint density at radius 2 is 2.00 bits per heavy atom. The summed E-state index contributed by atoms with van der Waals surface area (Å²) >= 11 is 1.29. The van der Waals surface area contributed by atoms with E-state index in [2.05, 4.69) is 20.8 Å². The molecule has 9 heteroatoms. The van der Waals surface area contributed by atoms with Crippen LogP contribution in [0.2, 0.25) is 0 Å². The van der Waals surface area contributed by atoms with Gasteiger partial charge in [-0.3, -0.25) is 4.79 Å². The van der Waals surface area contributed by atoms with Gasteiger partial charge in [-0.2, -0.15) is 4.68 Å². The summed E-state index contributed by atoms with van der Waals surface area (Å²) in [4.78, 5) is 12.6. The SMILES string of the molecule is Cc1cccc(-n2nnnc2SC(C)C(=O)Nc2ccc3c(c2)OCCO3)c1. The Kier molecular flexibility index (Phi) is 5.16. The van der Waals surface area contributed by atoms with Gasteiger partial charge >= 0.3 is 0 Å². The van der Waals surface area contributed by atoms with Gasteiger partial charge in [0.1, 0.15) is 13.2 Å². The van der Waals surface area contributed by atoms with Crippen LogP contribution in [-0.2, 0) is 4.79 Å². The minimum Gasteiger partial charge on any atom is -0.486 e. The van der Waals surface area contributed by atoms with Crippen LogP contribution < -0.4 is 14.8 Å². The summed E-state index contributed by atoms with van der Waals surface area (Å²) in [5.74, 6) is 1.16. The summed E-state index contributed by atoms with van der Waals surface area (Å²) in [5.41, 5.74) is 2.61. The molecule has 0 saturated carbocycles. The average Bonchev–Trinajstić information content (AvgIpc) is 3.16. The molecule has 28 heavy (non-hydrogen) atoms. The third-order valence-electron chi connectivity index (χ3n) is 4.15. The van der Waals surface area contributed by atoms with Crippen LogP contribution in [0.5, 0.6) is 11.5 Å². The van der Waals surface area contributed by atoms with Crippen LogP contribution >= 0.6 is 11.8 Å². The van der Waals surface area contributed by atoms with E-state index >= 15 is 0 Å². The lowest BCUT2D eigenvalue weighted by atomic mass is 10.2. The number of hydrogen-bond acceptors (Lipinski definition) is 7. The molecular weight excluding hydrogens is 378 g/mol. The molecule has 0 aliphatic carbocycles.